The highest BCUT2D eigenvalue weighted by atomic mass is 19.1. The van der Waals surface area contributed by atoms with E-state index in [0.717, 1.165) is 41.4 Å². The third-order valence-corrected chi connectivity index (χ3v) is 6.91. The molecule has 3 aromatic carbocycles. The van der Waals surface area contributed by atoms with Crippen molar-refractivity contribution in [3.63, 3.8) is 0 Å². The van der Waals surface area contributed by atoms with E-state index < -0.39 is 6.04 Å². The van der Waals surface area contributed by atoms with Gasteiger partial charge in [-0.1, -0.05) is 36.4 Å². The van der Waals surface area contributed by atoms with Gasteiger partial charge >= 0.3 is 0 Å². The van der Waals surface area contributed by atoms with Crippen molar-refractivity contribution in [2.45, 2.75) is 25.0 Å². The quantitative estimate of drug-likeness (QED) is 0.514. The van der Waals surface area contributed by atoms with Gasteiger partial charge in [-0.15, -0.1) is 0 Å². The summed E-state index contributed by atoms with van der Waals surface area (Å²) < 4.78 is 19.3. The Bertz CT molecular complexity index is 1250. The van der Waals surface area contributed by atoms with Crippen LogP contribution in [0, 0.1) is 17.1 Å². The minimum atomic E-state index is -0.526. The number of carbonyl (C=O) groups is 1. The first kappa shape index (κ1) is 24.6. The van der Waals surface area contributed by atoms with E-state index in [1.807, 2.05) is 30.3 Å². The molecule has 0 saturated carbocycles. The molecule has 0 N–H and O–H groups in total. The van der Waals surface area contributed by atoms with Crippen LogP contribution in [0.25, 0.3) is 10.8 Å². The van der Waals surface area contributed by atoms with Crippen LogP contribution in [0.15, 0.2) is 54.6 Å². The van der Waals surface area contributed by atoms with E-state index in [1.54, 1.807) is 31.2 Å². The number of nitriles is 1. The normalized spacial score (nSPS) is 16.9. The molecule has 0 spiro atoms. The molecule has 0 bridgehead atoms. The Labute approximate surface area is 206 Å². The zero-order chi connectivity index (χ0) is 25.1. The summed E-state index contributed by atoms with van der Waals surface area (Å²) in [6.07, 6.45) is 0.963. The smallest absolute Gasteiger partial charge is 0.244 e. The molecule has 1 aliphatic heterocycles. The van der Waals surface area contributed by atoms with Crippen LogP contribution in [-0.2, 0) is 11.3 Å². The number of nitrogens with zero attached hydrogens (tertiary/aromatic N) is 4. The number of halogens is 1. The fourth-order valence-electron chi connectivity index (χ4n) is 4.98. The Balaban J connectivity index is 1.70. The topological polar surface area (TPSA) is 59.8 Å². The van der Waals surface area contributed by atoms with Crippen molar-refractivity contribution in [1.82, 2.24) is 14.7 Å². The van der Waals surface area contributed by atoms with Gasteiger partial charge in [0, 0.05) is 38.3 Å². The molecule has 1 fully saturated rings. The largest absolute Gasteiger partial charge is 0.495 e. The number of fused-ring (bicyclic) bond motifs is 1. The number of likely N-dealkylation sites (tertiary alicyclic amines) is 1. The molecule has 1 amide bonds. The van der Waals surface area contributed by atoms with Gasteiger partial charge in [0.05, 0.1) is 12.7 Å². The van der Waals surface area contributed by atoms with Crippen LogP contribution in [0.2, 0.25) is 0 Å². The zero-order valence-electron chi connectivity index (χ0n) is 20.7. The Kier molecular flexibility index (Phi) is 7.34. The Morgan fingerprint density at radius 3 is 2.54 bits per heavy atom. The first-order valence-electron chi connectivity index (χ1n) is 11.7. The van der Waals surface area contributed by atoms with Crippen molar-refractivity contribution in [3.05, 3.63) is 77.1 Å². The summed E-state index contributed by atoms with van der Waals surface area (Å²) in [5.41, 5.74) is 2.00. The third-order valence-electron chi connectivity index (χ3n) is 6.91. The summed E-state index contributed by atoms with van der Waals surface area (Å²) in [6, 6.07) is 17.9. The van der Waals surface area contributed by atoms with Crippen LogP contribution in [0.1, 0.15) is 29.2 Å². The van der Waals surface area contributed by atoms with E-state index in [4.69, 9.17) is 4.74 Å². The molecule has 1 saturated heterocycles. The lowest BCUT2D eigenvalue weighted by molar-refractivity contribution is -0.136. The number of rotatable bonds is 7. The summed E-state index contributed by atoms with van der Waals surface area (Å²) in [7, 11) is 7.41. The number of hydrogen-bond acceptors (Lipinski definition) is 5. The van der Waals surface area contributed by atoms with Crippen molar-refractivity contribution in [3.8, 4) is 11.8 Å². The van der Waals surface area contributed by atoms with E-state index in [1.165, 1.54) is 12.1 Å². The fourth-order valence-corrected chi connectivity index (χ4v) is 4.98. The Morgan fingerprint density at radius 1 is 1.20 bits per heavy atom. The molecule has 3 aromatic rings. The average Bonchev–Trinajstić information content (AvgIpc) is 3.35. The maximum atomic E-state index is 14.0. The maximum Gasteiger partial charge on any atom is 0.244 e. The van der Waals surface area contributed by atoms with E-state index >= 15 is 0 Å². The first-order chi connectivity index (χ1) is 16.8. The van der Waals surface area contributed by atoms with Gasteiger partial charge in [-0.3, -0.25) is 9.69 Å². The minimum absolute atomic E-state index is 0.0792. The van der Waals surface area contributed by atoms with E-state index in [9.17, 15) is 14.4 Å². The second kappa shape index (κ2) is 10.4. The van der Waals surface area contributed by atoms with E-state index in [-0.39, 0.29) is 18.3 Å². The Morgan fingerprint density at radius 2 is 1.91 bits per heavy atom. The molecular weight excluding hydrogens is 443 g/mol. The molecule has 182 valence electrons. The predicted octanol–water partition coefficient (Wildman–Crippen LogP) is 4.19. The molecular formula is C28H31FN4O2. The number of hydrogen-bond donors (Lipinski definition) is 0. The maximum absolute atomic E-state index is 14.0. The molecule has 0 radical (unpaired) electrons. The molecule has 1 heterocycles. The highest BCUT2D eigenvalue weighted by molar-refractivity contribution is 5.91. The predicted molar refractivity (Wildman–Crippen MR) is 134 cm³/mol. The molecule has 1 aliphatic rings. The highest BCUT2D eigenvalue weighted by Crippen LogP contribution is 2.34. The molecule has 0 aliphatic carbocycles. The molecule has 6 nitrogen and oxygen atoms in total. The SMILES string of the molecule is COc1c(C#N)cc2ccccc2c1CN(C)C(=O)C(c1ccc(F)cc1)N1CC[C@H](N(C)C)C1. The number of amides is 1. The van der Waals surface area contributed by atoms with Gasteiger partial charge in [-0.25, -0.2) is 4.39 Å². The molecule has 35 heavy (non-hydrogen) atoms. The van der Waals surface area contributed by atoms with Crippen molar-refractivity contribution >= 4 is 16.7 Å². The molecule has 1 unspecified atom stereocenters. The average molecular weight is 475 g/mol. The van der Waals surface area contributed by atoms with Crippen LogP contribution in [0.5, 0.6) is 5.75 Å². The summed E-state index contributed by atoms with van der Waals surface area (Å²) in [4.78, 5) is 20.0. The van der Waals surface area contributed by atoms with Crippen LogP contribution in [0.4, 0.5) is 4.39 Å². The minimum Gasteiger partial charge on any atom is -0.495 e. The van der Waals surface area contributed by atoms with Crippen LogP contribution in [0.3, 0.4) is 0 Å². The molecule has 4 rings (SSSR count). The molecule has 2 atom stereocenters. The zero-order valence-corrected chi connectivity index (χ0v) is 20.7. The van der Waals surface area contributed by atoms with Gasteiger partial charge in [0.15, 0.2) is 0 Å². The first-order valence-corrected chi connectivity index (χ1v) is 11.7. The van der Waals surface area contributed by atoms with Gasteiger partial charge < -0.3 is 14.5 Å². The summed E-state index contributed by atoms with van der Waals surface area (Å²) in [6.45, 7) is 1.81. The number of carbonyl (C=O) groups excluding carboxylic acids is 1. The van der Waals surface area contributed by atoms with Gasteiger partial charge in [-0.2, -0.15) is 5.26 Å². The highest BCUT2D eigenvalue weighted by Gasteiger charge is 2.36. The van der Waals surface area contributed by atoms with Crippen LogP contribution < -0.4 is 4.74 Å². The molecule has 0 aromatic heterocycles. The van der Waals surface area contributed by atoms with E-state index in [2.05, 4.69) is 30.0 Å². The van der Waals surface area contributed by atoms with Crippen molar-refractivity contribution in [2.24, 2.45) is 0 Å². The summed E-state index contributed by atoms with van der Waals surface area (Å²) >= 11 is 0. The lowest BCUT2D eigenvalue weighted by Gasteiger charge is -2.32. The molecule has 7 heteroatoms. The number of benzene rings is 3. The number of likely N-dealkylation sites (N-methyl/N-ethyl adjacent to an activating group) is 2. The summed E-state index contributed by atoms with van der Waals surface area (Å²) in [5.74, 6) is 0.0768. The van der Waals surface area contributed by atoms with Gasteiger partial charge in [0.1, 0.15) is 23.7 Å². The van der Waals surface area contributed by atoms with Gasteiger partial charge in [-0.05, 0) is 55.1 Å². The van der Waals surface area contributed by atoms with Crippen LogP contribution >= 0.6 is 0 Å². The third kappa shape index (κ3) is 5.00. The standard InChI is InChI=1S/C28H31FN4O2/c1-31(2)23-13-14-33(17-23)26(19-9-11-22(29)12-10-19)28(34)32(3)18-25-24-8-6-5-7-20(24)15-21(16-30)27(25)35-4/h5-12,15,23,26H,13-14,17-18H2,1-4H3/t23-,26?/m0/s1. The second-order valence-corrected chi connectivity index (χ2v) is 9.32. The van der Waals surface area contributed by atoms with E-state index in [0.29, 0.717) is 17.4 Å². The van der Waals surface area contributed by atoms with Crippen molar-refractivity contribution in [2.75, 3.05) is 41.3 Å². The lowest BCUT2D eigenvalue weighted by Crippen LogP contribution is -2.41. The fraction of sp³-hybridized carbons (Fsp3) is 0.357. The van der Waals surface area contributed by atoms with Gasteiger partial charge in [0.25, 0.3) is 0 Å². The van der Waals surface area contributed by atoms with Crippen molar-refractivity contribution < 1.29 is 13.9 Å². The lowest BCUT2D eigenvalue weighted by atomic mass is 9.98. The van der Waals surface area contributed by atoms with Gasteiger partial charge in [0.2, 0.25) is 5.91 Å². The van der Waals surface area contributed by atoms with Crippen LogP contribution in [-0.4, -0.2) is 68.0 Å². The summed E-state index contributed by atoms with van der Waals surface area (Å²) in [5, 5.41) is 11.6. The monoisotopic (exact) mass is 474 g/mol. The second-order valence-electron chi connectivity index (χ2n) is 9.32. The number of methoxy groups -OCH3 is 1. The van der Waals surface area contributed by atoms with Crippen molar-refractivity contribution in [1.29, 1.82) is 5.26 Å². The number of ether oxygens (including phenoxy) is 1. The Hall–Kier alpha value is -3.47.